The van der Waals surface area contributed by atoms with Gasteiger partial charge in [-0.3, -0.25) is 10.4 Å². The number of amides is 2. The molecule has 0 bridgehead atoms. The van der Waals surface area contributed by atoms with Crippen LogP contribution in [0.1, 0.15) is 40.3 Å². The minimum absolute atomic E-state index is 0.200. The summed E-state index contributed by atoms with van der Waals surface area (Å²) in [5.41, 5.74) is 3.03. The first-order valence-corrected chi connectivity index (χ1v) is 12.8. The number of aromatic amines is 1. The van der Waals surface area contributed by atoms with Crippen molar-refractivity contribution in [3.8, 4) is 17.2 Å². The summed E-state index contributed by atoms with van der Waals surface area (Å²) in [4.78, 5) is 17.3. The molecule has 0 radical (unpaired) electrons. The number of pyridine rings is 1. The van der Waals surface area contributed by atoms with E-state index < -0.39 is 0 Å². The Morgan fingerprint density at radius 3 is 2.51 bits per heavy atom. The Labute approximate surface area is 226 Å². The van der Waals surface area contributed by atoms with Crippen LogP contribution in [0, 0.1) is 0 Å². The highest BCUT2D eigenvalue weighted by Crippen LogP contribution is 2.28. The molecule has 0 aliphatic rings. The van der Waals surface area contributed by atoms with Crippen LogP contribution in [0.2, 0.25) is 0 Å². The van der Waals surface area contributed by atoms with Gasteiger partial charge in [-0.25, -0.2) is 14.5 Å². The smallest absolute Gasteiger partial charge is 0.324 e. The van der Waals surface area contributed by atoms with Crippen LogP contribution >= 0.6 is 0 Å². The van der Waals surface area contributed by atoms with Gasteiger partial charge in [0, 0.05) is 40.9 Å². The first-order chi connectivity index (χ1) is 18.6. The summed E-state index contributed by atoms with van der Waals surface area (Å²) < 4.78 is 7.69. The highest BCUT2D eigenvalue weighted by Gasteiger charge is 2.22. The lowest BCUT2D eigenvalue weighted by Crippen LogP contribution is -2.21. The van der Waals surface area contributed by atoms with Gasteiger partial charge >= 0.3 is 6.03 Å². The van der Waals surface area contributed by atoms with Crippen molar-refractivity contribution in [3.05, 3.63) is 78.8 Å². The lowest BCUT2D eigenvalue weighted by molar-refractivity contribution is 0.262. The number of ether oxygens (including phenoxy) is 1. The molecule has 200 valence electrons. The number of hydrogen-bond donors (Lipinski definition) is 4. The van der Waals surface area contributed by atoms with Gasteiger partial charge in [0.15, 0.2) is 0 Å². The Hall–Kier alpha value is -4.86. The number of H-pyrrole nitrogens is 1. The van der Waals surface area contributed by atoms with E-state index >= 15 is 0 Å². The van der Waals surface area contributed by atoms with E-state index in [4.69, 9.17) is 9.84 Å². The predicted octanol–water partition coefficient (Wildman–Crippen LogP) is 6.70. The van der Waals surface area contributed by atoms with Crippen LogP contribution in [0.4, 0.5) is 22.1 Å². The molecule has 39 heavy (non-hydrogen) atoms. The van der Waals surface area contributed by atoms with Gasteiger partial charge in [-0.15, -0.1) is 0 Å². The number of carbonyl (C=O) groups is 1. The summed E-state index contributed by atoms with van der Waals surface area (Å²) in [5, 5.41) is 21.9. The maximum atomic E-state index is 13.0. The van der Waals surface area contributed by atoms with E-state index in [-0.39, 0.29) is 17.5 Å². The van der Waals surface area contributed by atoms with Crippen LogP contribution in [-0.2, 0) is 5.41 Å². The van der Waals surface area contributed by atoms with Gasteiger partial charge in [-0.1, -0.05) is 20.8 Å². The summed E-state index contributed by atoms with van der Waals surface area (Å²) in [5.74, 6) is 2.62. The van der Waals surface area contributed by atoms with Crippen LogP contribution in [0.15, 0.2) is 73.1 Å². The number of fused-ring (bicyclic) bond motifs is 1. The third kappa shape index (κ3) is 6.18. The van der Waals surface area contributed by atoms with Crippen molar-refractivity contribution in [2.24, 2.45) is 0 Å². The monoisotopic (exact) mass is 524 g/mol. The van der Waals surface area contributed by atoms with Gasteiger partial charge in [-0.05, 0) is 62.4 Å². The highest BCUT2D eigenvalue weighted by atomic mass is 16.5. The van der Waals surface area contributed by atoms with E-state index in [1.807, 2.05) is 44.2 Å². The second-order valence-corrected chi connectivity index (χ2v) is 10.6. The van der Waals surface area contributed by atoms with Crippen LogP contribution in [0.3, 0.4) is 0 Å². The number of aromatic nitrogens is 5. The van der Waals surface area contributed by atoms with E-state index in [2.05, 4.69) is 51.9 Å². The lowest BCUT2D eigenvalue weighted by Gasteiger charge is -2.14. The normalized spacial score (nSPS) is 11.5. The van der Waals surface area contributed by atoms with E-state index in [0.717, 1.165) is 28.1 Å². The molecule has 2 aromatic carbocycles. The Balaban J connectivity index is 1.29. The molecule has 0 aliphatic heterocycles. The number of rotatable bonds is 7. The molecule has 0 fully saturated rings. The molecule has 3 heterocycles. The zero-order chi connectivity index (χ0) is 27.6. The molecule has 0 atom stereocenters. The topological polar surface area (TPSA) is 122 Å². The molecular formula is C29H32N8O2. The fourth-order valence-corrected chi connectivity index (χ4v) is 3.97. The maximum Gasteiger partial charge on any atom is 0.324 e. The molecule has 3 aromatic heterocycles. The molecule has 0 spiro atoms. The van der Waals surface area contributed by atoms with E-state index in [1.54, 1.807) is 47.4 Å². The quantitative estimate of drug-likeness (QED) is 0.188. The van der Waals surface area contributed by atoms with Crippen molar-refractivity contribution in [2.45, 2.75) is 46.1 Å². The van der Waals surface area contributed by atoms with Gasteiger partial charge in [0.1, 0.15) is 23.1 Å². The van der Waals surface area contributed by atoms with Crippen molar-refractivity contribution in [3.63, 3.8) is 0 Å². The van der Waals surface area contributed by atoms with Gasteiger partial charge in [0.05, 0.1) is 23.1 Å². The third-order valence-corrected chi connectivity index (χ3v) is 5.90. The van der Waals surface area contributed by atoms with Crippen molar-refractivity contribution in [2.75, 3.05) is 16.0 Å². The van der Waals surface area contributed by atoms with Gasteiger partial charge in [-0.2, -0.15) is 10.2 Å². The molecule has 0 unspecified atom stereocenters. The molecule has 10 heteroatoms. The molecule has 0 saturated carbocycles. The van der Waals surface area contributed by atoms with E-state index in [1.165, 1.54) is 0 Å². The van der Waals surface area contributed by atoms with Gasteiger partial charge in [0.2, 0.25) is 0 Å². The standard InChI is InChI=1S/C29H32N8O2/c1-18(2)32-26-15-23(12-13-30-26)39-22-9-6-20(7-10-22)33-28(38)34-27-16-25(29(3,4)5)36-37(27)21-8-11-24-19(14-21)17-31-35-24/h6-18H,1-5H3,(H,30,32)(H,31,35)(H2,33,34,38). The van der Waals surface area contributed by atoms with Crippen LogP contribution in [0.5, 0.6) is 11.5 Å². The fraction of sp³-hybridized carbons (Fsp3) is 0.241. The maximum absolute atomic E-state index is 13.0. The van der Waals surface area contributed by atoms with E-state index in [0.29, 0.717) is 23.0 Å². The first kappa shape index (κ1) is 25.8. The van der Waals surface area contributed by atoms with E-state index in [9.17, 15) is 4.79 Å². The minimum Gasteiger partial charge on any atom is -0.457 e. The largest absolute Gasteiger partial charge is 0.457 e. The summed E-state index contributed by atoms with van der Waals surface area (Å²) in [7, 11) is 0. The van der Waals surface area contributed by atoms with Crippen molar-refractivity contribution in [1.82, 2.24) is 25.0 Å². The molecular weight excluding hydrogens is 492 g/mol. The van der Waals surface area contributed by atoms with Crippen molar-refractivity contribution >= 4 is 34.3 Å². The number of hydrogen-bond acceptors (Lipinski definition) is 6. The average molecular weight is 525 g/mol. The number of nitrogens with zero attached hydrogens (tertiary/aromatic N) is 4. The average Bonchev–Trinajstić information content (AvgIpc) is 3.51. The Bertz CT molecular complexity index is 1600. The predicted molar refractivity (Wildman–Crippen MR) is 154 cm³/mol. The SMILES string of the molecule is CC(C)Nc1cc(Oc2ccc(NC(=O)Nc3cc(C(C)(C)C)nn3-c3ccc4[nH]ncc4c3)cc2)ccn1. The minimum atomic E-state index is -0.381. The second-order valence-electron chi connectivity index (χ2n) is 10.6. The van der Waals surface area contributed by atoms with Gasteiger partial charge in [0.25, 0.3) is 0 Å². The Kier molecular flexibility index (Phi) is 6.93. The van der Waals surface area contributed by atoms with Crippen LogP contribution in [0.25, 0.3) is 16.6 Å². The second kappa shape index (κ2) is 10.5. The van der Waals surface area contributed by atoms with Crippen LogP contribution in [-0.4, -0.2) is 37.0 Å². The fourth-order valence-electron chi connectivity index (χ4n) is 3.97. The zero-order valence-electron chi connectivity index (χ0n) is 22.6. The number of anilines is 3. The summed E-state index contributed by atoms with van der Waals surface area (Å²) in [6.07, 6.45) is 3.46. The summed E-state index contributed by atoms with van der Waals surface area (Å²) in [6.45, 7) is 10.4. The lowest BCUT2D eigenvalue weighted by atomic mass is 9.92. The molecule has 4 N–H and O–H groups in total. The molecule has 5 rings (SSSR count). The number of urea groups is 1. The molecule has 10 nitrogen and oxygen atoms in total. The third-order valence-electron chi connectivity index (χ3n) is 5.90. The Morgan fingerprint density at radius 1 is 0.974 bits per heavy atom. The molecule has 0 aliphatic carbocycles. The van der Waals surface area contributed by atoms with Crippen molar-refractivity contribution in [1.29, 1.82) is 0 Å². The number of carbonyl (C=O) groups excluding carboxylic acids is 1. The molecule has 5 aromatic rings. The Morgan fingerprint density at radius 2 is 1.77 bits per heavy atom. The number of nitrogens with one attached hydrogen (secondary N) is 4. The first-order valence-electron chi connectivity index (χ1n) is 12.8. The summed E-state index contributed by atoms with van der Waals surface area (Å²) in [6, 6.07) is 18.4. The van der Waals surface area contributed by atoms with Crippen LogP contribution < -0.4 is 20.7 Å². The number of benzene rings is 2. The van der Waals surface area contributed by atoms with Gasteiger partial charge < -0.3 is 15.4 Å². The molecule has 0 saturated heterocycles. The highest BCUT2D eigenvalue weighted by molar-refractivity contribution is 5.99. The van der Waals surface area contributed by atoms with Crippen molar-refractivity contribution < 1.29 is 9.53 Å². The zero-order valence-corrected chi connectivity index (χ0v) is 22.6. The summed E-state index contributed by atoms with van der Waals surface area (Å²) >= 11 is 0. The molecule has 2 amide bonds.